The van der Waals surface area contributed by atoms with Gasteiger partial charge in [0, 0.05) is 17.0 Å². The van der Waals surface area contributed by atoms with Crippen molar-refractivity contribution in [1.82, 2.24) is 19.6 Å². The van der Waals surface area contributed by atoms with Crippen molar-refractivity contribution in [2.75, 3.05) is 0 Å². The molecule has 3 heterocycles. The Hall–Kier alpha value is -3.91. The van der Waals surface area contributed by atoms with Gasteiger partial charge in [-0.25, -0.2) is 14.8 Å². The van der Waals surface area contributed by atoms with E-state index in [2.05, 4.69) is 10.1 Å². The van der Waals surface area contributed by atoms with Crippen LogP contribution < -0.4 is 5.56 Å². The fraction of sp³-hybridized carbons (Fsp3) is 0.125. The fourth-order valence-electron chi connectivity index (χ4n) is 3.43. The maximum Gasteiger partial charge on any atom is 0.339 e. The normalized spacial score (nSPS) is 11.2. The fourth-order valence-corrected chi connectivity index (χ4v) is 4.29. The molecule has 5 aromatic rings. The van der Waals surface area contributed by atoms with Crippen LogP contribution >= 0.6 is 11.3 Å². The number of carbonyl (C=O) groups excluding carboxylic acids is 1. The summed E-state index contributed by atoms with van der Waals surface area (Å²) >= 11 is 1.35. The molecule has 3 aromatic heterocycles. The zero-order valence-corrected chi connectivity index (χ0v) is 18.0. The van der Waals surface area contributed by atoms with Crippen LogP contribution in [0.25, 0.3) is 27.1 Å². The molecule has 0 N–H and O–H groups in total. The number of carbonyl (C=O) groups is 1. The first-order valence-corrected chi connectivity index (χ1v) is 10.9. The summed E-state index contributed by atoms with van der Waals surface area (Å²) in [5.41, 5.74) is 2.80. The summed E-state index contributed by atoms with van der Waals surface area (Å²) in [4.78, 5) is 35.0. The van der Waals surface area contributed by atoms with Gasteiger partial charge in [-0.3, -0.25) is 4.79 Å². The minimum absolute atomic E-state index is 0.110. The highest BCUT2D eigenvalue weighted by Gasteiger charge is 2.16. The highest BCUT2D eigenvalue weighted by Crippen LogP contribution is 2.25. The number of hydrogen-bond acceptors (Lipinski definition) is 7. The second kappa shape index (κ2) is 8.32. The Bertz CT molecular complexity index is 1510. The summed E-state index contributed by atoms with van der Waals surface area (Å²) in [6, 6.07) is 20.2. The van der Waals surface area contributed by atoms with Crippen molar-refractivity contribution in [2.45, 2.75) is 20.0 Å². The van der Waals surface area contributed by atoms with Gasteiger partial charge in [-0.2, -0.15) is 9.61 Å². The monoisotopic (exact) mass is 442 g/mol. The van der Waals surface area contributed by atoms with Gasteiger partial charge >= 0.3 is 5.97 Å². The third-order valence-electron chi connectivity index (χ3n) is 5.00. The molecule has 0 aliphatic carbocycles. The van der Waals surface area contributed by atoms with Crippen molar-refractivity contribution in [1.29, 1.82) is 0 Å². The van der Waals surface area contributed by atoms with Crippen LogP contribution in [0.3, 0.4) is 0 Å². The lowest BCUT2D eigenvalue weighted by molar-refractivity contribution is 0.0470. The van der Waals surface area contributed by atoms with Crippen molar-refractivity contribution in [3.05, 3.63) is 93.3 Å². The second-order valence-electron chi connectivity index (χ2n) is 7.14. The van der Waals surface area contributed by atoms with Gasteiger partial charge in [0.2, 0.25) is 4.96 Å². The average molecular weight is 443 g/mol. The van der Waals surface area contributed by atoms with Gasteiger partial charge in [0.15, 0.2) is 0 Å². The van der Waals surface area contributed by atoms with E-state index in [4.69, 9.17) is 9.72 Å². The number of ether oxygens (including phenoxy) is 1. The molecule has 158 valence electrons. The summed E-state index contributed by atoms with van der Waals surface area (Å²) in [7, 11) is 0. The molecular weight excluding hydrogens is 424 g/mol. The lowest BCUT2D eigenvalue weighted by Crippen LogP contribution is -2.16. The predicted octanol–water partition coefficient (Wildman–Crippen LogP) is 4.29. The number of aryl methyl sites for hydroxylation is 1. The van der Waals surface area contributed by atoms with Crippen LogP contribution in [-0.4, -0.2) is 25.6 Å². The molecule has 8 heteroatoms. The molecule has 0 aliphatic rings. The molecule has 0 spiro atoms. The molecule has 2 aromatic carbocycles. The zero-order chi connectivity index (χ0) is 22.1. The number of fused-ring (bicyclic) bond motifs is 2. The molecule has 0 unspecified atom stereocenters. The molecule has 0 amide bonds. The highest BCUT2D eigenvalue weighted by atomic mass is 32.1. The number of pyridine rings is 1. The highest BCUT2D eigenvalue weighted by molar-refractivity contribution is 7.16. The molecule has 7 nitrogen and oxygen atoms in total. The van der Waals surface area contributed by atoms with Crippen LogP contribution in [0.1, 0.15) is 28.0 Å². The first kappa shape index (κ1) is 20.0. The van der Waals surface area contributed by atoms with Crippen LogP contribution in [0.4, 0.5) is 0 Å². The van der Waals surface area contributed by atoms with Crippen LogP contribution in [0.5, 0.6) is 0 Å². The van der Waals surface area contributed by atoms with Crippen LogP contribution in [0, 0.1) is 0 Å². The van der Waals surface area contributed by atoms with Crippen LogP contribution in [-0.2, 0) is 17.8 Å². The standard InChI is InChI=1S/C24H18N4O3S/c1-2-21-27-28-22(29)12-16(25-24(28)32-21)14-31-23(30)18-13-20(15-8-4-3-5-9-15)26-19-11-7-6-10-17(18)19/h3-13H,2,14H2,1H3. The van der Waals surface area contributed by atoms with Gasteiger partial charge in [-0.05, 0) is 18.6 Å². The van der Waals surface area contributed by atoms with E-state index >= 15 is 0 Å². The van der Waals surface area contributed by atoms with Crippen molar-refractivity contribution in [2.24, 2.45) is 0 Å². The summed E-state index contributed by atoms with van der Waals surface area (Å²) in [5.74, 6) is -0.499. The van der Waals surface area contributed by atoms with Crippen molar-refractivity contribution in [3.63, 3.8) is 0 Å². The Morgan fingerprint density at radius 3 is 2.62 bits per heavy atom. The topological polar surface area (TPSA) is 86.5 Å². The van der Waals surface area contributed by atoms with E-state index in [1.165, 1.54) is 21.9 Å². The Labute approximate surface area is 187 Å². The third-order valence-corrected chi connectivity index (χ3v) is 6.05. The van der Waals surface area contributed by atoms with Crippen molar-refractivity contribution >= 4 is 33.2 Å². The summed E-state index contributed by atoms with van der Waals surface area (Å²) in [6.07, 6.45) is 0.719. The second-order valence-corrected chi connectivity index (χ2v) is 8.18. The Kier molecular flexibility index (Phi) is 5.20. The molecule has 32 heavy (non-hydrogen) atoms. The number of hydrogen-bond donors (Lipinski definition) is 0. The summed E-state index contributed by atoms with van der Waals surface area (Å²) in [6.45, 7) is 1.86. The molecule has 0 fully saturated rings. The minimum atomic E-state index is -0.499. The Morgan fingerprint density at radius 2 is 1.81 bits per heavy atom. The number of para-hydroxylation sites is 1. The Balaban J connectivity index is 1.47. The van der Waals surface area contributed by atoms with E-state index in [-0.39, 0.29) is 12.2 Å². The van der Waals surface area contributed by atoms with E-state index in [0.717, 1.165) is 17.0 Å². The van der Waals surface area contributed by atoms with Crippen LogP contribution in [0.2, 0.25) is 0 Å². The van der Waals surface area contributed by atoms with E-state index < -0.39 is 5.97 Å². The van der Waals surface area contributed by atoms with Gasteiger partial charge in [-0.1, -0.05) is 66.8 Å². The number of aromatic nitrogens is 4. The molecule has 0 saturated carbocycles. The smallest absolute Gasteiger partial charge is 0.339 e. The first-order valence-electron chi connectivity index (χ1n) is 10.1. The van der Waals surface area contributed by atoms with E-state index in [9.17, 15) is 9.59 Å². The maximum atomic E-state index is 13.0. The first-order chi connectivity index (χ1) is 15.6. The van der Waals surface area contributed by atoms with E-state index in [0.29, 0.717) is 32.8 Å². The lowest BCUT2D eigenvalue weighted by Gasteiger charge is -2.10. The molecular formula is C24H18N4O3S. The number of benzene rings is 2. The predicted molar refractivity (Wildman–Crippen MR) is 123 cm³/mol. The van der Waals surface area contributed by atoms with Gasteiger partial charge in [0.1, 0.15) is 11.6 Å². The van der Waals surface area contributed by atoms with Gasteiger partial charge < -0.3 is 4.74 Å². The number of rotatable bonds is 5. The van der Waals surface area contributed by atoms with E-state index in [1.54, 1.807) is 6.07 Å². The maximum absolute atomic E-state index is 13.0. The molecule has 0 atom stereocenters. The molecule has 0 radical (unpaired) electrons. The average Bonchev–Trinajstić information content (AvgIpc) is 3.26. The number of esters is 1. The number of nitrogens with zero attached hydrogens (tertiary/aromatic N) is 4. The third kappa shape index (κ3) is 3.76. The minimum Gasteiger partial charge on any atom is -0.456 e. The van der Waals surface area contributed by atoms with Gasteiger partial charge in [0.05, 0.1) is 22.5 Å². The summed E-state index contributed by atoms with van der Waals surface area (Å²) < 4.78 is 6.83. The largest absolute Gasteiger partial charge is 0.456 e. The molecule has 0 aliphatic heterocycles. The van der Waals surface area contributed by atoms with E-state index in [1.807, 2.05) is 61.5 Å². The lowest BCUT2D eigenvalue weighted by atomic mass is 10.0. The van der Waals surface area contributed by atoms with Crippen LogP contribution in [0.15, 0.2) is 71.5 Å². The zero-order valence-electron chi connectivity index (χ0n) is 17.2. The summed E-state index contributed by atoms with van der Waals surface area (Å²) in [5, 5.41) is 5.76. The van der Waals surface area contributed by atoms with Gasteiger partial charge in [0.25, 0.3) is 5.56 Å². The van der Waals surface area contributed by atoms with Crippen molar-refractivity contribution < 1.29 is 9.53 Å². The van der Waals surface area contributed by atoms with Crippen molar-refractivity contribution in [3.8, 4) is 11.3 Å². The Morgan fingerprint density at radius 1 is 1.03 bits per heavy atom. The quantitative estimate of drug-likeness (QED) is 0.378. The molecule has 0 saturated heterocycles. The SMILES string of the molecule is CCc1nn2c(=O)cc(COC(=O)c3cc(-c4ccccc4)nc4ccccc34)nc2s1. The van der Waals surface area contributed by atoms with Gasteiger partial charge in [-0.15, -0.1) is 0 Å². The molecule has 0 bridgehead atoms. The molecule has 5 rings (SSSR count).